The number of rotatable bonds is 4. The zero-order valence-electron chi connectivity index (χ0n) is 15.8. The quantitative estimate of drug-likeness (QED) is 0.909. The molecule has 0 aromatic heterocycles. The average Bonchev–Trinajstić information content (AvgIpc) is 3.22. The molecule has 1 N–H and O–H groups in total. The lowest BCUT2D eigenvalue weighted by molar-refractivity contribution is -0.131. The third kappa shape index (κ3) is 4.24. The largest absolute Gasteiger partial charge is 0.388 e. The third-order valence-electron chi connectivity index (χ3n) is 5.77. The molecule has 2 fully saturated rings. The first-order valence-electron chi connectivity index (χ1n) is 9.43. The molecule has 0 aliphatic carbocycles. The van der Waals surface area contributed by atoms with Gasteiger partial charge in [-0.25, -0.2) is 0 Å². The Morgan fingerprint density at radius 3 is 2.60 bits per heavy atom. The van der Waals surface area contributed by atoms with Gasteiger partial charge in [0.15, 0.2) is 0 Å². The number of likely N-dealkylation sites (tertiary alicyclic amines) is 1. The number of nitrogens with zero attached hydrogens (tertiary/aromatic N) is 1. The van der Waals surface area contributed by atoms with Crippen LogP contribution in [-0.2, 0) is 14.9 Å². The summed E-state index contributed by atoms with van der Waals surface area (Å²) in [6, 6.07) is 8.11. The summed E-state index contributed by atoms with van der Waals surface area (Å²) in [6.45, 7) is 9.80. The van der Waals surface area contributed by atoms with Gasteiger partial charge in [0.1, 0.15) is 0 Å². The van der Waals surface area contributed by atoms with Gasteiger partial charge in [0, 0.05) is 31.5 Å². The zero-order valence-corrected chi connectivity index (χ0v) is 15.8. The fourth-order valence-corrected chi connectivity index (χ4v) is 3.91. The van der Waals surface area contributed by atoms with E-state index < -0.39 is 6.10 Å². The van der Waals surface area contributed by atoms with Crippen LogP contribution in [0.3, 0.4) is 0 Å². The van der Waals surface area contributed by atoms with Crippen molar-refractivity contribution in [2.45, 2.75) is 58.0 Å². The van der Waals surface area contributed by atoms with Crippen LogP contribution in [0.5, 0.6) is 0 Å². The Labute approximate surface area is 151 Å². The summed E-state index contributed by atoms with van der Waals surface area (Å²) in [5, 5.41) is 10.4. The predicted molar refractivity (Wildman–Crippen MR) is 98.4 cm³/mol. The van der Waals surface area contributed by atoms with Crippen molar-refractivity contribution in [1.82, 2.24) is 4.90 Å². The van der Waals surface area contributed by atoms with Crippen LogP contribution in [0, 0.1) is 5.41 Å². The summed E-state index contributed by atoms with van der Waals surface area (Å²) in [5.41, 5.74) is 2.45. The Morgan fingerprint density at radius 1 is 1.28 bits per heavy atom. The topological polar surface area (TPSA) is 49.8 Å². The molecule has 4 heteroatoms. The van der Waals surface area contributed by atoms with Gasteiger partial charge in [-0.15, -0.1) is 0 Å². The van der Waals surface area contributed by atoms with E-state index >= 15 is 0 Å². The Hall–Kier alpha value is -1.39. The van der Waals surface area contributed by atoms with Gasteiger partial charge in [0.25, 0.3) is 0 Å². The van der Waals surface area contributed by atoms with E-state index in [9.17, 15) is 9.90 Å². The van der Waals surface area contributed by atoms with E-state index in [-0.39, 0.29) is 16.7 Å². The number of carbonyl (C=O) groups excluding carboxylic acids is 1. The predicted octanol–water partition coefficient (Wildman–Crippen LogP) is 3.44. The SMILES string of the molecule is CC(C)(C)c1ccc([C@@H](O)CCC(=O)N2CC[C@@]3(CCOC3)C2)cc1. The van der Waals surface area contributed by atoms with Crippen molar-refractivity contribution in [2.24, 2.45) is 5.41 Å². The van der Waals surface area contributed by atoms with Crippen molar-refractivity contribution in [3.05, 3.63) is 35.4 Å². The van der Waals surface area contributed by atoms with E-state index in [1.54, 1.807) is 0 Å². The minimum Gasteiger partial charge on any atom is -0.388 e. The first-order chi connectivity index (χ1) is 11.8. The van der Waals surface area contributed by atoms with Gasteiger partial charge in [0.05, 0.1) is 12.7 Å². The molecule has 0 radical (unpaired) electrons. The molecular weight excluding hydrogens is 314 g/mol. The van der Waals surface area contributed by atoms with E-state index in [1.165, 1.54) is 5.56 Å². The van der Waals surface area contributed by atoms with Gasteiger partial charge in [0.2, 0.25) is 5.91 Å². The average molecular weight is 345 g/mol. The van der Waals surface area contributed by atoms with Crippen LogP contribution in [0.25, 0.3) is 0 Å². The highest BCUT2D eigenvalue weighted by Gasteiger charge is 2.42. The first-order valence-corrected chi connectivity index (χ1v) is 9.43. The highest BCUT2D eigenvalue weighted by molar-refractivity contribution is 5.76. The van der Waals surface area contributed by atoms with Crippen LogP contribution in [0.15, 0.2) is 24.3 Å². The van der Waals surface area contributed by atoms with Gasteiger partial charge >= 0.3 is 0 Å². The zero-order chi connectivity index (χ0) is 18.1. The van der Waals surface area contributed by atoms with E-state index in [1.807, 2.05) is 17.0 Å². The second-order valence-corrected chi connectivity index (χ2v) is 8.79. The number of amides is 1. The number of aliphatic hydroxyl groups is 1. The lowest BCUT2D eigenvalue weighted by atomic mass is 9.86. The molecule has 2 saturated heterocycles. The van der Waals surface area contributed by atoms with Crippen molar-refractivity contribution in [3.8, 4) is 0 Å². The summed E-state index contributed by atoms with van der Waals surface area (Å²) >= 11 is 0. The lowest BCUT2D eigenvalue weighted by Crippen LogP contribution is -2.32. The van der Waals surface area contributed by atoms with Crippen molar-refractivity contribution < 1.29 is 14.6 Å². The van der Waals surface area contributed by atoms with Gasteiger partial charge < -0.3 is 14.7 Å². The van der Waals surface area contributed by atoms with Crippen LogP contribution in [0.2, 0.25) is 0 Å². The summed E-state index contributed by atoms with van der Waals surface area (Å²) < 4.78 is 5.52. The molecule has 0 bridgehead atoms. The van der Waals surface area contributed by atoms with Crippen molar-refractivity contribution >= 4 is 5.91 Å². The second kappa shape index (κ2) is 7.08. The van der Waals surface area contributed by atoms with Crippen molar-refractivity contribution in [1.29, 1.82) is 0 Å². The fraction of sp³-hybridized carbons (Fsp3) is 0.667. The Morgan fingerprint density at radius 2 is 2.00 bits per heavy atom. The van der Waals surface area contributed by atoms with Gasteiger partial charge in [-0.05, 0) is 35.8 Å². The molecule has 2 heterocycles. The van der Waals surface area contributed by atoms with Crippen LogP contribution >= 0.6 is 0 Å². The highest BCUT2D eigenvalue weighted by Crippen LogP contribution is 2.38. The molecule has 2 aliphatic heterocycles. The van der Waals surface area contributed by atoms with Crippen molar-refractivity contribution in [3.63, 3.8) is 0 Å². The smallest absolute Gasteiger partial charge is 0.222 e. The normalized spacial score (nSPS) is 24.9. The number of ether oxygens (including phenoxy) is 1. The third-order valence-corrected chi connectivity index (χ3v) is 5.77. The number of benzene rings is 1. The summed E-state index contributed by atoms with van der Waals surface area (Å²) in [5.74, 6) is 0.161. The molecular formula is C21H31NO3. The molecule has 2 aliphatic rings. The second-order valence-electron chi connectivity index (χ2n) is 8.79. The molecule has 1 spiro atoms. The summed E-state index contributed by atoms with van der Waals surface area (Å²) in [7, 11) is 0. The Balaban J connectivity index is 1.50. The molecule has 138 valence electrons. The van der Waals surface area contributed by atoms with Crippen LogP contribution in [-0.4, -0.2) is 42.2 Å². The maximum absolute atomic E-state index is 12.5. The van der Waals surface area contributed by atoms with Crippen molar-refractivity contribution in [2.75, 3.05) is 26.3 Å². The van der Waals surface area contributed by atoms with Crippen LogP contribution < -0.4 is 0 Å². The van der Waals surface area contributed by atoms with E-state index in [0.717, 1.165) is 44.7 Å². The summed E-state index contributed by atoms with van der Waals surface area (Å²) in [6.07, 6.45) is 2.42. The summed E-state index contributed by atoms with van der Waals surface area (Å²) in [4.78, 5) is 14.4. The first kappa shape index (κ1) is 18.4. The molecule has 2 atom stereocenters. The number of hydrogen-bond acceptors (Lipinski definition) is 3. The number of carbonyl (C=O) groups is 1. The molecule has 1 amide bonds. The standard InChI is InChI=1S/C21H31NO3/c1-20(2,3)17-6-4-16(5-7-17)18(23)8-9-19(24)22-12-10-21(14-22)11-13-25-15-21/h4-7,18,23H,8-15H2,1-3H3/t18-,21+/m0/s1. The van der Waals surface area contributed by atoms with Crippen LogP contribution in [0.1, 0.15) is 63.7 Å². The molecule has 4 nitrogen and oxygen atoms in total. The monoisotopic (exact) mass is 345 g/mol. The van der Waals surface area contributed by atoms with E-state index in [0.29, 0.717) is 12.8 Å². The molecule has 0 unspecified atom stereocenters. The van der Waals surface area contributed by atoms with Gasteiger partial charge in [-0.2, -0.15) is 0 Å². The molecule has 1 aromatic rings. The maximum atomic E-state index is 12.5. The Kier molecular flexibility index (Phi) is 5.21. The Bertz CT molecular complexity index is 597. The maximum Gasteiger partial charge on any atom is 0.222 e. The van der Waals surface area contributed by atoms with E-state index in [2.05, 4.69) is 32.9 Å². The minimum absolute atomic E-state index is 0.106. The molecule has 25 heavy (non-hydrogen) atoms. The minimum atomic E-state index is -0.579. The fourth-order valence-electron chi connectivity index (χ4n) is 3.91. The highest BCUT2D eigenvalue weighted by atomic mass is 16.5. The molecule has 1 aromatic carbocycles. The van der Waals surface area contributed by atoms with Crippen LogP contribution in [0.4, 0.5) is 0 Å². The number of aliphatic hydroxyl groups excluding tert-OH is 1. The molecule has 0 saturated carbocycles. The van der Waals surface area contributed by atoms with E-state index in [4.69, 9.17) is 4.74 Å². The van der Waals surface area contributed by atoms with Gasteiger partial charge in [-0.3, -0.25) is 4.79 Å². The molecule has 3 rings (SSSR count). The van der Waals surface area contributed by atoms with Gasteiger partial charge in [-0.1, -0.05) is 45.0 Å². The number of hydrogen-bond donors (Lipinski definition) is 1. The lowest BCUT2D eigenvalue weighted by Gasteiger charge is -2.22.